The van der Waals surface area contributed by atoms with E-state index in [0.29, 0.717) is 11.1 Å². The second kappa shape index (κ2) is 6.65. The third-order valence-corrected chi connectivity index (χ3v) is 3.94. The number of methoxy groups -OCH3 is 1. The Bertz CT molecular complexity index is 982. The fourth-order valence-corrected chi connectivity index (χ4v) is 2.82. The number of hydrogen-bond donors (Lipinski definition) is 0. The van der Waals surface area contributed by atoms with Gasteiger partial charge in [0.2, 0.25) is 5.95 Å². The summed E-state index contributed by atoms with van der Waals surface area (Å²) < 4.78 is 34.9. The van der Waals surface area contributed by atoms with E-state index in [1.165, 1.54) is 31.6 Å². The first-order valence-electron chi connectivity index (χ1n) is 7.41. The molecule has 0 spiro atoms. The Morgan fingerprint density at radius 2 is 1.88 bits per heavy atom. The average molecular weight is 337 g/mol. The summed E-state index contributed by atoms with van der Waals surface area (Å²) >= 11 is 0. The van der Waals surface area contributed by atoms with Crippen LogP contribution in [0.1, 0.15) is 11.1 Å². The van der Waals surface area contributed by atoms with E-state index < -0.39 is 11.8 Å². The van der Waals surface area contributed by atoms with Crippen LogP contribution in [-0.2, 0) is 0 Å². The third-order valence-electron chi connectivity index (χ3n) is 3.94. The van der Waals surface area contributed by atoms with Crippen LogP contribution in [0, 0.1) is 30.0 Å². The number of nitrogens with zero attached hydrogens (tertiary/aromatic N) is 3. The molecule has 0 amide bonds. The van der Waals surface area contributed by atoms with Crippen molar-refractivity contribution in [3.63, 3.8) is 0 Å². The van der Waals surface area contributed by atoms with E-state index in [2.05, 4.69) is 9.97 Å². The maximum absolute atomic E-state index is 15.4. The molecular weight excluding hydrogens is 324 g/mol. The number of aromatic nitrogens is 2. The van der Waals surface area contributed by atoms with Crippen molar-refractivity contribution in [3.8, 4) is 34.1 Å². The topological polar surface area (TPSA) is 58.8 Å². The van der Waals surface area contributed by atoms with E-state index in [9.17, 15) is 9.65 Å². The lowest BCUT2D eigenvalue weighted by molar-refractivity contribution is 0.411. The quantitative estimate of drug-likeness (QED) is 0.670. The van der Waals surface area contributed by atoms with Crippen LogP contribution in [0.4, 0.5) is 8.78 Å². The molecule has 0 aliphatic rings. The van der Waals surface area contributed by atoms with Crippen molar-refractivity contribution in [1.29, 1.82) is 5.26 Å². The highest BCUT2D eigenvalue weighted by Crippen LogP contribution is 2.43. The van der Waals surface area contributed by atoms with Gasteiger partial charge in [-0.1, -0.05) is 6.07 Å². The zero-order chi connectivity index (χ0) is 18.0. The number of pyridine rings is 2. The predicted molar refractivity (Wildman–Crippen MR) is 88.8 cm³/mol. The fraction of sp³-hybridized carbons (Fsp3) is 0.105. The molecule has 0 fully saturated rings. The molecule has 1 aromatic carbocycles. The first-order valence-corrected chi connectivity index (χ1v) is 7.41. The number of benzene rings is 1. The van der Waals surface area contributed by atoms with Gasteiger partial charge in [-0.25, -0.2) is 9.37 Å². The summed E-state index contributed by atoms with van der Waals surface area (Å²) in [5.41, 5.74) is 1.01. The molecule has 0 aliphatic carbocycles. The largest absolute Gasteiger partial charge is 0.495 e. The van der Waals surface area contributed by atoms with Crippen LogP contribution in [0.2, 0.25) is 0 Å². The Morgan fingerprint density at radius 1 is 1.12 bits per heavy atom. The molecule has 0 aliphatic heterocycles. The van der Waals surface area contributed by atoms with Crippen molar-refractivity contribution in [2.24, 2.45) is 0 Å². The molecule has 0 saturated heterocycles. The van der Waals surface area contributed by atoms with Crippen LogP contribution in [0.3, 0.4) is 0 Å². The lowest BCUT2D eigenvalue weighted by Crippen LogP contribution is -2.04. The Balaban J connectivity index is 2.47. The zero-order valence-corrected chi connectivity index (χ0v) is 13.5. The molecule has 2 aromatic heterocycles. The summed E-state index contributed by atoms with van der Waals surface area (Å²) in [6.07, 6.45) is 4.32. The number of nitriles is 1. The summed E-state index contributed by atoms with van der Waals surface area (Å²) in [6.45, 7) is 1.62. The van der Waals surface area contributed by atoms with Crippen molar-refractivity contribution in [2.75, 3.05) is 7.11 Å². The van der Waals surface area contributed by atoms with Crippen molar-refractivity contribution >= 4 is 0 Å². The van der Waals surface area contributed by atoms with Crippen LogP contribution in [0.5, 0.6) is 5.75 Å². The molecular formula is C19H13F2N3O. The SMILES string of the molecule is COc1c(C#N)c(C)c(-c2cccnc2)c(F)c1-c1cccnc1F. The van der Waals surface area contributed by atoms with Crippen LogP contribution in [-0.4, -0.2) is 17.1 Å². The van der Waals surface area contributed by atoms with Crippen LogP contribution in [0.15, 0.2) is 42.9 Å². The number of hydrogen-bond acceptors (Lipinski definition) is 4. The van der Waals surface area contributed by atoms with Gasteiger partial charge < -0.3 is 4.74 Å². The maximum atomic E-state index is 15.4. The maximum Gasteiger partial charge on any atom is 0.220 e. The highest BCUT2D eigenvalue weighted by Gasteiger charge is 2.26. The minimum absolute atomic E-state index is 0.0166. The molecule has 0 saturated carbocycles. The smallest absolute Gasteiger partial charge is 0.220 e. The Labute approximate surface area is 143 Å². The van der Waals surface area contributed by atoms with E-state index in [1.54, 1.807) is 25.3 Å². The minimum atomic E-state index is -0.843. The molecule has 2 heterocycles. The van der Waals surface area contributed by atoms with Crippen molar-refractivity contribution in [2.45, 2.75) is 6.92 Å². The van der Waals surface area contributed by atoms with Crippen molar-refractivity contribution < 1.29 is 13.5 Å². The second-order valence-corrected chi connectivity index (χ2v) is 5.29. The molecule has 3 aromatic rings. The third kappa shape index (κ3) is 2.70. The Hall–Kier alpha value is -3.33. The zero-order valence-electron chi connectivity index (χ0n) is 13.5. The van der Waals surface area contributed by atoms with Gasteiger partial charge in [0.1, 0.15) is 17.6 Å². The van der Waals surface area contributed by atoms with Gasteiger partial charge in [0.25, 0.3) is 0 Å². The molecule has 0 atom stereocenters. The molecule has 0 radical (unpaired) electrons. The average Bonchev–Trinajstić information content (AvgIpc) is 2.63. The molecule has 6 heteroatoms. The van der Waals surface area contributed by atoms with E-state index in [-0.39, 0.29) is 28.0 Å². The molecule has 4 nitrogen and oxygen atoms in total. The lowest BCUT2D eigenvalue weighted by atomic mass is 9.90. The lowest BCUT2D eigenvalue weighted by Gasteiger charge is -2.18. The highest BCUT2D eigenvalue weighted by molar-refractivity contribution is 5.84. The van der Waals surface area contributed by atoms with Gasteiger partial charge in [-0.05, 0) is 30.7 Å². The summed E-state index contributed by atoms with van der Waals surface area (Å²) in [5.74, 6) is -1.55. The first-order chi connectivity index (χ1) is 12.1. The monoisotopic (exact) mass is 337 g/mol. The van der Waals surface area contributed by atoms with E-state index >= 15 is 4.39 Å². The summed E-state index contributed by atoms with van der Waals surface area (Å²) in [7, 11) is 1.32. The van der Waals surface area contributed by atoms with Gasteiger partial charge in [-0.3, -0.25) is 4.98 Å². The minimum Gasteiger partial charge on any atom is -0.495 e. The molecule has 0 bridgehead atoms. The van der Waals surface area contributed by atoms with E-state index in [1.807, 2.05) is 6.07 Å². The van der Waals surface area contributed by atoms with Gasteiger partial charge in [0.15, 0.2) is 0 Å². The van der Waals surface area contributed by atoms with Crippen LogP contribution >= 0.6 is 0 Å². The van der Waals surface area contributed by atoms with Gasteiger partial charge in [-0.15, -0.1) is 0 Å². The number of rotatable bonds is 3. The molecule has 25 heavy (non-hydrogen) atoms. The molecule has 0 unspecified atom stereocenters. The Kier molecular flexibility index (Phi) is 4.40. The normalized spacial score (nSPS) is 10.4. The molecule has 124 valence electrons. The van der Waals surface area contributed by atoms with Crippen molar-refractivity contribution in [1.82, 2.24) is 9.97 Å². The summed E-state index contributed by atoms with van der Waals surface area (Å²) in [6, 6.07) is 8.25. The first kappa shape index (κ1) is 16.5. The molecule has 3 rings (SSSR count). The van der Waals surface area contributed by atoms with E-state index in [0.717, 1.165) is 0 Å². The van der Waals surface area contributed by atoms with Gasteiger partial charge in [0, 0.05) is 35.3 Å². The second-order valence-electron chi connectivity index (χ2n) is 5.29. The van der Waals surface area contributed by atoms with Gasteiger partial charge in [0.05, 0.1) is 18.2 Å². The van der Waals surface area contributed by atoms with Crippen molar-refractivity contribution in [3.05, 3.63) is 65.7 Å². The standard InChI is InChI=1S/C19H13F2N3O/c1-11-14(9-22)18(25-2)16(13-6-4-8-24-19(13)21)17(20)15(11)12-5-3-7-23-10-12/h3-8,10H,1-2H3. The summed E-state index contributed by atoms with van der Waals surface area (Å²) in [4.78, 5) is 7.56. The van der Waals surface area contributed by atoms with Crippen LogP contribution < -0.4 is 4.74 Å². The predicted octanol–water partition coefficient (Wildman–Crippen LogP) is 4.28. The van der Waals surface area contributed by atoms with E-state index in [4.69, 9.17) is 4.74 Å². The Morgan fingerprint density at radius 3 is 2.48 bits per heavy atom. The number of ether oxygens (including phenoxy) is 1. The fourth-order valence-electron chi connectivity index (χ4n) is 2.82. The van der Waals surface area contributed by atoms with Gasteiger partial charge >= 0.3 is 0 Å². The molecule has 0 N–H and O–H groups in total. The van der Waals surface area contributed by atoms with Crippen LogP contribution in [0.25, 0.3) is 22.3 Å². The van der Waals surface area contributed by atoms with Gasteiger partial charge in [-0.2, -0.15) is 9.65 Å². The number of halogens is 2. The summed E-state index contributed by atoms with van der Waals surface area (Å²) in [5, 5.41) is 9.56. The highest BCUT2D eigenvalue weighted by atomic mass is 19.1.